The molecule has 7 heteroatoms. The van der Waals surface area contributed by atoms with Crippen LogP contribution in [0.5, 0.6) is 5.75 Å². The first-order chi connectivity index (χ1) is 14.8. The van der Waals surface area contributed by atoms with Crippen LogP contribution in [0, 0.1) is 0 Å². The Balaban J connectivity index is 1.83. The summed E-state index contributed by atoms with van der Waals surface area (Å²) in [5.74, 6) is -0.480. The van der Waals surface area contributed by atoms with Gasteiger partial charge >= 0.3 is 5.97 Å². The molecule has 0 bridgehead atoms. The Morgan fingerprint density at radius 1 is 1.13 bits per heavy atom. The number of phenolic OH excluding ortho intramolecular Hbond substituents is 1. The number of nitrogens with zero attached hydrogens (tertiary/aromatic N) is 2. The van der Waals surface area contributed by atoms with E-state index >= 15 is 0 Å². The molecule has 1 atom stereocenters. The topological polar surface area (TPSA) is 102 Å². The molecule has 2 aliphatic heterocycles. The van der Waals surface area contributed by atoms with Crippen molar-refractivity contribution in [1.29, 1.82) is 0 Å². The second-order valence-corrected chi connectivity index (χ2v) is 8.23. The average Bonchev–Trinajstić information content (AvgIpc) is 3.13. The van der Waals surface area contributed by atoms with E-state index in [1.807, 2.05) is 19.9 Å². The zero-order chi connectivity index (χ0) is 22.1. The van der Waals surface area contributed by atoms with Gasteiger partial charge < -0.3 is 19.5 Å². The fourth-order valence-electron chi connectivity index (χ4n) is 4.93. The third-order valence-corrected chi connectivity index (χ3v) is 6.74. The monoisotopic (exact) mass is 420 g/mol. The van der Waals surface area contributed by atoms with Crippen molar-refractivity contribution in [1.82, 2.24) is 9.55 Å². The normalized spacial score (nSPS) is 19.2. The number of aromatic nitrogens is 2. The molecule has 160 valence electrons. The van der Waals surface area contributed by atoms with E-state index in [1.165, 1.54) is 0 Å². The van der Waals surface area contributed by atoms with E-state index in [0.29, 0.717) is 35.5 Å². The van der Waals surface area contributed by atoms with Gasteiger partial charge in [0.25, 0.3) is 5.56 Å². The summed E-state index contributed by atoms with van der Waals surface area (Å²) in [5.41, 5.74) is 3.36. The van der Waals surface area contributed by atoms with E-state index in [1.54, 1.807) is 23.6 Å². The van der Waals surface area contributed by atoms with Gasteiger partial charge in [-0.05, 0) is 48.6 Å². The molecule has 2 N–H and O–H groups in total. The Morgan fingerprint density at radius 2 is 1.90 bits per heavy atom. The van der Waals surface area contributed by atoms with Crippen LogP contribution in [-0.2, 0) is 41.1 Å². The van der Waals surface area contributed by atoms with Gasteiger partial charge in [0.05, 0.1) is 29.0 Å². The first-order valence-corrected chi connectivity index (χ1v) is 10.7. The number of cyclic esters (lactones) is 1. The molecule has 0 amide bonds. The van der Waals surface area contributed by atoms with Gasteiger partial charge in [-0.1, -0.05) is 20.8 Å². The van der Waals surface area contributed by atoms with Crippen molar-refractivity contribution < 1.29 is 19.7 Å². The lowest BCUT2D eigenvalue weighted by molar-refractivity contribution is -0.172. The molecule has 1 aromatic carbocycles. The van der Waals surface area contributed by atoms with Crippen molar-refractivity contribution in [2.45, 2.75) is 58.8 Å². The summed E-state index contributed by atoms with van der Waals surface area (Å²) in [7, 11) is 0. The molecule has 1 unspecified atom stereocenters. The van der Waals surface area contributed by atoms with Gasteiger partial charge in [-0.3, -0.25) is 4.79 Å². The summed E-state index contributed by atoms with van der Waals surface area (Å²) in [4.78, 5) is 30.5. The van der Waals surface area contributed by atoms with E-state index in [2.05, 4.69) is 0 Å². The number of aliphatic hydroxyl groups is 1. The van der Waals surface area contributed by atoms with Gasteiger partial charge in [0.2, 0.25) is 0 Å². The van der Waals surface area contributed by atoms with Crippen LogP contribution >= 0.6 is 0 Å². The number of aryl methyl sites for hydroxylation is 2. The molecule has 0 spiro atoms. The number of carbonyl (C=O) groups is 1. The van der Waals surface area contributed by atoms with Crippen LogP contribution in [0.25, 0.3) is 22.3 Å². The third-order valence-electron chi connectivity index (χ3n) is 6.74. The van der Waals surface area contributed by atoms with Crippen LogP contribution in [0.2, 0.25) is 0 Å². The molecule has 5 rings (SSSR count). The fraction of sp³-hybridized carbons (Fsp3) is 0.375. The van der Waals surface area contributed by atoms with Crippen molar-refractivity contribution >= 4 is 16.9 Å². The number of phenols is 1. The molecule has 0 fully saturated rings. The Morgan fingerprint density at radius 3 is 2.58 bits per heavy atom. The minimum atomic E-state index is -1.84. The van der Waals surface area contributed by atoms with Gasteiger partial charge in [-0.2, -0.15) is 0 Å². The number of hydrogen-bond donors (Lipinski definition) is 2. The van der Waals surface area contributed by atoms with Gasteiger partial charge in [0.15, 0.2) is 5.60 Å². The van der Waals surface area contributed by atoms with Gasteiger partial charge in [-0.25, -0.2) is 9.78 Å². The van der Waals surface area contributed by atoms with Crippen molar-refractivity contribution in [2.24, 2.45) is 0 Å². The van der Waals surface area contributed by atoms with Crippen LogP contribution in [0.1, 0.15) is 55.0 Å². The van der Waals surface area contributed by atoms with Crippen molar-refractivity contribution in [2.75, 3.05) is 0 Å². The lowest BCUT2D eigenvalue weighted by Gasteiger charge is -2.31. The molecule has 4 heterocycles. The quantitative estimate of drug-likeness (QED) is 0.494. The summed E-state index contributed by atoms with van der Waals surface area (Å²) in [6.07, 6.45) is 1.51. The van der Waals surface area contributed by atoms with Crippen LogP contribution in [-0.4, -0.2) is 25.7 Å². The van der Waals surface area contributed by atoms with E-state index in [9.17, 15) is 19.8 Å². The number of benzene rings is 1. The predicted octanol–water partition coefficient (Wildman–Crippen LogP) is 2.91. The number of ether oxygens (including phenoxy) is 1. The molecule has 0 saturated carbocycles. The van der Waals surface area contributed by atoms with Crippen molar-refractivity contribution in [3.8, 4) is 17.1 Å². The molecule has 2 aliphatic rings. The van der Waals surface area contributed by atoms with Gasteiger partial charge in [0.1, 0.15) is 12.4 Å². The van der Waals surface area contributed by atoms with Crippen LogP contribution < -0.4 is 5.56 Å². The number of hydrogen-bond acceptors (Lipinski definition) is 6. The van der Waals surface area contributed by atoms with Crippen molar-refractivity contribution in [3.05, 3.63) is 56.4 Å². The fourth-order valence-corrected chi connectivity index (χ4v) is 4.93. The summed E-state index contributed by atoms with van der Waals surface area (Å²) in [6.45, 7) is 5.92. The molecule has 0 aliphatic carbocycles. The molecule has 3 aromatic rings. The first-order valence-electron chi connectivity index (χ1n) is 10.7. The zero-order valence-corrected chi connectivity index (χ0v) is 17.8. The van der Waals surface area contributed by atoms with E-state index in [-0.39, 0.29) is 24.3 Å². The maximum absolute atomic E-state index is 13.3. The van der Waals surface area contributed by atoms with Gasteiger partial charge in [0, 0.05) is 16.5 Å². The molecule has 31 heavy (non-hydrogen) atoms. The van der Waals surface area contributed by atoms with E-state index in [4.69, 9.17) is 9.72 Å². The minimum absolute atomic E-state index is 0.110. The zero-order valence-electron chi connectivity index (χ0n) is 17.8. The highest BCUT2D eigenvalue weighted by molar-refractivity contribution is 5.90. The average molecular weight is 420 g/mol. The van der Waals surface area contributed by atoms with Crippen LogP contribution in [0.4, 0.5) is 0 Å². The predicted molar refractivity (Wildman–Crippen MR) is 115 cm³/mol. The Labute approximate surface area is 178 Å². The van der Waals surface area contributed by atoms with Crippen LogP contribution in [0.3, 0.4) is 0 Å². The number of aromatic hydroxyl groups is 1. The van der Waals surface area contributed by atoms with Crippen LogP contribution in [0.15, 0.2) is 23.0 Å². The Hall–Kier alpha value is -3.19. The molecule has 2 aromatic heterocycles. The number of esters is 1. The first kappa shape index (κ1) is 19.8. The maximum Gasteiger partial charge on any atom is 0.343 e. The highest BCUT2D eigenvalue weighted by Gasteiger charge is 2.45. The SMILES string of the molecule is CCc1cc2nc3c(c(CC)c2cc1O)Cn1c-3cc2c(c1=O)COC(=O)C2(O)CC. The lowest BCUT2D eigenvalue weighted by atomic mass is 9.86. The Kier molecular flexibility index (Phi) is 4.24. The summed E-state index contributed by atoms with van der Waals surface area (Å²) in [5, 5.41) is 22.3. The molecular weight excluding hydrogens is 396 g/mol. The second kappa shape index (κ2) is 6.65. The third kappa shape index (κ3) is 2.53. The molecule has 7 nitrogen and oxygen atoms in total. The van der Waals surface area contributed by atoms with Crippen molar-refractivity contribution in [3.63, 3.8) is 0 Å². The second-order valence-electron chi connectivity index (χ2n) is 8.23. The highest BCUT2D eigenvalue weighted by atomic mass is 16.6. The minimum Gasteiger partial charge on any atom is -0.508 e. The lowest BCUT2D eigenvalue weighted by Crippen LogP contribution is -2.44. The van der Waals surface area contributed by atoms with E-state index < -0.39 is 11.6 Å². The standard InChI is InChI=1S/C24H24N2O5/c1-4-12-7-18-14(8-20(12)27)13(5-2)15-10-26-19(21(15)25-18)9-17-16(22(26)28)11-31-23(29)24(17,30)6-3/h7-9,27,30H,4-6,10-11H2,1-3H3. The molecule has 0 saturated heterocycles. The smallest absolute Gasteiger partial charge is 0.343 e. The summed E-state index contributed by atoms with van der Waals surface area (Å²) in [6, 6.07) is 5.38. The number of fused-ring (bicyclic) bond motifs is 5. The highest BCUT2D eigenvalue weighted by Crippen LogP contribution is 2.41. The Bertz CT molecular complexity index is 1340. The number of pyridine rings is 2. The summed E-state index contributed by atoms with van der Waals surface area (Å²) < 4.78 is 6.77. The summed E-state index contributed by atoms with van der Waals surface area (Å²) >= 11 is 0. The molecular formula is C24H24N2O5. The largest absolute Gasteiger partial charge is 0.508 e. The van der Waals surface area contributed by atoms with Gasteiger partial charge in [-0.15, -0.1) is 0 Å². The number of rotatable bonds is 3. The number of carbonyl (C=O) groups excluding carboxylic acids is 1. The maximum atomic E-state index is 13.3. The van der Waals surface area contributed by atoms with E-state index in [0.717, 1.165) is 34.0 Å². The molecule has 0 radical (unpaired) electrons.